The van der Waals surface area contributed by atoms with Crippen LogP contribution in [0, 0.1) is 5.92 Å². The number of carbonyl (C=O) groups is 2. The molecule has 0 unspecified atom stereocenters. The third-order valence-electron chi connectivity index (χ3n) is 7.74. The first-order valence-corrected chi connectivity index (χ1v) is 13.4. The summed E-state index contributed by atoms with van der Waals surface area (Å²) >= 11 is 1.83. The number of fused-ring (bicyclic) bond motifs is 1. The fourth-order valence-corrected chi connectivity index (χ4v) is 6.84. The highest BCUT2D eigenvalue weighted by molar-refractivity contribution is 7.10. The highest BCUT2D eigenvalue weighted by Gasteiger charge is 2.36. The van der Waals surface area contributed by atoms with E-state index in [2.05, 4.69) is 47.5 Å². The van der Waals surface area contributed by atoms with Gasteiger partial charge in [0.2, 0.25) is 11.8 Å². The lowest BCUT2D eigenvalue weighted by Crippen LogP contribution is -2.58. The lowest BCUT2D eigenvalue weighted by Gasteiger charge is -2.43. The standard InChI is InChI=1S/C27H35N3O2S/c1-20-18-28(15-16-30(20)27(32)22-10-6-3-7-11-22)25(31)19-29-14-12-24-23(13-17-33-24)26(29)21-8-4-2-5-9-21/h2,4-5,8-9,13,17,20,22,26H,3,6-7,10-12,14-16,18-19H2,1H3/t20-,26+/m0/s1. The Hall–Kier alpha value is -2.18. The highest BCUT2D eigenvalue weighted by Crippen LogP contribution is 2.37. The average molecular weight is 466 g/mol. The molecule has 6 heteroatoms. The molecule has 2 amide bonds. The molecule has 1 aromatic carbocycles. The van der Waals surface area contributed by atoms with Crippen LogP contribution in [-0.2, 0) is 16.0 Å². The predicted octanol–water partition coefficient (Wildman–Crippen LogP) is 4.34. The Kier molecular flexibility index (Phi) is 6.84. The van der Waals surface area contributed by atoms with Gasteiger partial charge in [-0.3, -0.25) is 14.5 Å². The molecule has 1 saturated carbocycles. The summed E-state index contributed by atoms with van der Waals surface area (Å²) in [5.74, 6) is 0.703. The Balaban J connectivity index is 1.24. The molecular formula is C27H35N3O2S. The minimum atomic E-state index is 0.0897. The van der Waals surface area contributed by atoms with Gasteiger partial charge in [-0.1, -0.05) is 49.6 Å². The summed E-state index contributed by atoms with van der Waals surface area (Å²) in [5.41, 5.74) is 2.60. The van der Waals surface area contributed by atoms with Crippen LogP contribution in [0.4, 0.5) is 0 Å². The van der Waals surface area contributed by atoms with Gasteiger partial charge in [-0.25, -0.2) is 0 Å². The maximum atomic E-state index is 13.4. The second kappa shape index (κ2) is 9.98. The van der Waals surface area contributed by atoms with E-state index in [-0.39, 0.29) is 23.9 Å². The van der Waals surface area contributed by atoms with E-state index < -0.39 is 0 Å². The quantitative estimate of drug-likeness (QED) is 0.675. The van der Waals surface area contributed by atoms with Crippen molar-refractivity contribution < 1.29 is 9.59 Å². The number of nitrogens with zero attached hydrogens (tertiary/aromatic N) is 3. The van der Waals surface area contributed by atoms with Crippen molar-refractivity contribution in [3.8, 4) is 0 Å². The Morgan fingerprint density at radius 2 is 1.79 bits per heavy atom. The fourth-order valence-electron chi connectivity index (χ4n) is 5.93. The molecule has 2 aromatic rings. The maximum Gasteiger partial charge on any atom is 0.236 e. The first-order chi connectivity index (χ1) is 16.1. The number of hydrogen-bond donors (Lipinski definition) is 0. The lowest BCUT2D eigenvalue weighted by molar-refractivity contribution is -0.146. The summed E-state index contributed by atoms with van der Waals surface area (Å²) < 4.78 is 0. The van der Waals surface area contributed by atoms with Gasteiger partial charge >= 0.3 is 0 Å². The molecule has 1 aliphatic carbocycles. The van der Waals surface area contributed by atoms with E-state index >= 15 is 0 Å². The van der Waals surface area contributed by atoms with Crippen molar-refractivity contribution in [1.82, 2.24) is 14.7 Å². The Morgan fingerprint density at radius 3 is 2.55 bits per heavy atom. The van der Waals surface area contributed by atoms with E-state index in [1.807, 2.05) is 27.2 Å². The van der Waals surface area contributed by atoms with Gasteiger partial charge in [-0.05, 0) is 48.8 Å². The zero-order valence-electron chi connectivity index (χ0n) is 19.6. The minimum absolute atomic E-state index is 0.0897. The normalized spacial score (nSPS) is 24.5. The molecule has 1 aromatic heterocycles. The van der Waals surface area contributed by atoms with Gasteiger partial charge in [0.15, 0.2) is 0 Å². The van der Waals surface area contributed by atoms with Crippen LogP contribution in [0.1, 0.15) is 61.1 Å². The first-order valence-electron chi connectivity index (χ1n) is 12.6. The Labute approximate surface area is 201 Å². The van der Waals surface area contributed by atoms with Gasteiger partial charge in [-0.15, -0.1) is 11.3 Å². The van der Waals surface area contributed by atoms with Crippen LogP contribution in [0.3, 0.4) is 0 Å². The first kappa shape index (κ1) is 22.6. The Bertz CT molecular complexity index is 969. The van der Waals surface area contributed by atoms with Crippen LogP contribution < -0.4 is 0 Å². The van der Waals surface area contributed by atoms with Crippen molar-refractivity contribution in [3.05, 3.63) is 57.8 Å². The lowest BCUT2D eigenvalue weighted by atomic mass is 9.88. The highest BCUT2D eigenvalue weighted by atomic mass is 32.1. The van der Waals surface area contributed by atoms with E-state index in [0.717, 1.165) is 25.8 Å². The molecule has 33 heavy (non-hydrogen) atoms. The summed E-state index contributed by atoms with van der Waals surface area (Å²) in [7, 11) is 0. The van der Waals surface area contributed by atoms with Crippen LogP contribution in [0.5, 0.6) is 0 Å². The molecule has 3 heterocycles. The Morgan fingerprint density at radius 1 is 1.00 bits per heavy atom. The summed E-state index contributed by atoms with van der Waals surface area (Å²) in [6.45, 7) is 5.39. The third-order valence-corrected chi connectivity index (χ3v) is 8.73. The molecule has 176 valence electrons. The molecule has 1 saturated heterocycles. The van der Waals surface area contributed by atoms with Gasteiger partial charge in [0.25, 0.3) is 0 Å². The van der Waals surface area contributed by atoms with E-state index in [9.17, 15) is 9.59 Å². The number of piperazine rings is 1. The SMILES string of the molecule is C[C@H]1CN(C(=O)CN2CCc3sccc3[C@H]2c2ccccc2)CCN1C(=O)C1CCCCC1. The number of carbonyl (C=O) groups excluding carboxylic acids is 2. The molecule has 0 N–H and O–H groups in total. The fraction of sp³-hybridized carbons (Fsp3) is 0.556. The molecular weight excluding hydrogens is 430 g/mol. The van der Waals surface area contributed by atoms with Crippen LogP contribution in [-0.4, -0.2) is 65.3 Å². The molecule has 3 aliphatic rings. The zero-order valence-corrected chi connectivity index (χ0v) is 20.4. The summed E-state index contributed by atoms with van der Waals surface area (Å²) in [5, 5.41) is 2.18. The number of hydrogen-bond acceptors (Lipinski definition) is 4. The van der Waals surface area contributed by atoms with Gasteiger partial charge in [0, 0.05) is 43.0 Å². The summed E-state index contributed by atoms with van der Waals surface area (Å²) in [6, 6.07) is 13.0. The number of amides is 2. The summed E-state index contributed by atoms with van der Waals surface area (Å²) in [4.78, 5) is 34.3. The summed E-state index contributed by atoms with van der Waals surface area (Å²) in [6.07, 6.45) is 6.68. The van der Waals surface area contributed by atoms with Crippen molar-refractivity contribution in [2.45, 2.75) is 57.5 Å². The van der Waals surface area contributed by atoms with E-state index in [0.29, 0.717) is 32.1 Å². The molecule has 0 radical (unpaired) electrons. The van der Waals surface area contributed by atoms with Crippen molar-refractivity contribution in [1.29, 1.82) is 0 Å². The topological polar surface area (TPSA) is 43.9 Å². The van der Waals surface area contributed by atoms with Crippen molar-refractivity contribution in [2.24, 2.45) is 5.92 Å². The van der Waals surface area contributed by atoms with Crippen LogP contribution >= 0.6 is 11.3 Å². The third kappa shape index (κ3) is 4.73. The zero-order chi connectivity index (χ0) is 22.8. The van der Waals surface area contributed by atoms with Gasteiger partial charge < -0.3 is 9.80 Å². The van der Waals surface area contributed by atoms with E-state index in [4.69, 9.17) is 0 Å². The van der Waals surface area contributed by atoms with E-state index in [1.54, 1.807) is 0 Å². The molecule has 2 aliphatic heterocycles. The van der Waals surface area contributed by atoms with Crippen molar-refractivity contribution in [3.63, 3.8) is 0 Å². The average Bonchev–Trinajstić information content (AvgIpc) is 3.33. The van der Waals surface area contributed by atoms with Crippen LogP contribution in [0.2, 0.25) is 0 Å². The predicted molar refractivity (Wildman–Crippen MR) is 132 cm³/mol. The maximum absolute atomic E-state index is 13.4. The number of benzene rings is 1. The minimum Gasteiger partial charge on any atom is -0.338 e. The van der Waals surface area contributed by atoms with E-state index in [1.165, 1.54) is 35.3 Å². The molecule has 5 nitrogen and oxygen atoms in total. The molecule has 5 rings (SSSR count). The van der Waals surface area contributed by atoms with Crippen molar-refractivity contribution in [2.75, 3.05) is 32.7 Å². The van der Waals surface area contributed by atoms with Gasteiger partial charge in [0.05, 0.1) is 12.6 Å². The largest absolute Gasteiger partial charge is 0.338 e. The van der Waals surface area contributed by atoms with Gasteiger partial charge in [0.1, 0.15) is 0 Å². The molecule has 0 spiro atoms. The van der Waals surface area contributed by atoms with Gasteiger partial charge in [-0.2, -0.15) is 0 Å². The van der Waals surface area contributed by atoms with Crippen LogP contribution in [0.25, 0.3) is 0 Å². The number of rotatable bonds is 4. The monoisotopic (exact) mass is 465 g/mol. The molecule has 2 atom stereocenters. The molecule has 2 fully saturated rings. The second-order valence-corrected chi connectivity index (χ2v) is 10.9. The smallest absolute Gasteiger partial charge is 0.236 e. The second-order valence-electron chi connectivity index (χ2n) is 9.89. The number of thiophene rings is 1. The molecule has 0 bridgehead atoms. The van der Waals surface area contributed by atoms with Crippen molar-refractivity contribution >= 4 is 23.2 Å². The van der Waals surface area contributed by atoms with Crippen LogP contribution in [0.15, 0.2) is 41.8 Å².